The van der Waals surface area contributed by atoms with Crippen molar-refractivity contribution in [2.45, 2.75) is 20.3 Å². The van der Waals surface area contributed by atoms with Gasteiger partial charge in [-0.3, -0.25) is 4.79 Å². The predicted molar refractivity (Wildman–Crippen MR) is 92.1 cm³/mol. The van der Waals surface area contributed by atoms with Crippen LogP contribution in [0.3, 0.4) is 0 Å². The number of amides is 1. The van der Waals surface area contributed by atoms with Gasteiger partial charge in [-0.1, -0.05) is 12.1 Å². The lowest BCUT2D eigenvalue weighted by atomic mass is 10.1. The maximum Gasteiger partial charge on any atom is 0.262 e. The summed E-state index contributed by atoms with van der Waals surface area (Å²) < 4.78 is 16.8. The first-order valence-electron chi connectivity index (χ1n) is 8.01. The van der Waals surface area contributed by atoms with Gasteiger partial charge in [0.25, 0.3) is 5.91 Å². The van der Waals surface area contributed by atoms with Gasteiger partial charge in [-0.05, 0) is 43.2 Å². The summed E-state index contributed by atoms with van der Waals surface area (Å²) in [5, 5.41) is 2.82. The van der Waals surface area contributed by atoms with Crippen molar-refractivity contribution < 1.29 is 19.0 Å². The lowest BCUT2D eigenvalue weighted by molar-refractivity contribution is -0.118. The molecule has 1 amide bonds. The molecule has 5 heteroatoms. The zero-order valence-corrected chi connectivity index (χ0v) is 13.9. The number of benzene rings is 2. The third kappa shape index (κ3) is 3.98. The highest BCUT2D eigenvalue weighted by atomic mass is 16.5. The van der Waals surface area contributed by atoms with Gasteiger partial charge in [0.05, 0.1) is 13.2 Å². The molecule has 24 heavy (non-hydrogen) atoms. The number of hydrogen-bond donors (Lipinski definition) is 1. The maximum absolute atomic E-state index is 12.1. The van der Waals surface area contributed by atoms with Crippen LogP contribution in [0.5, 0.6) is 17.2 Å². The average Bonchev–Trinajstić information content (AvgIpc) is 2.80. The number of carbonyl (C=O) groups is 1. The minimum Gasteiger partial charge on any atom is -0.490 e. The largest absolute Gasteiger partial charge is 0.490 e. The van der Waals surface area contributed by atoms with Gasteiger partial charge in [-0.25, -0.2) is 0 Å². The van der Waals surface area contributed by atoms with Crippen LogP contribution in [0.4, 0.5) is 5.69 Å². The minimum atomic E-state index is -0.217. The second-order valence-corrected chi connectivity index (χ2v) is 5.82. The van der Waals surface area contributed by atoms with Crippen LogP contribution < -0.4 is 19.5 Å². The van der Waals surface area contributed by atoms with Crippen molar-refractivity contribution in [3.63, 3.8) is 0 Å². The Kier molecular flexibility index (Phi) is 4.89. The molecule has 0 saturated carbocycles. The Morgan fingerprint density at radius 1 is 1.08 bits per heavy atom. The summed E-state index contributed by atoms with van der Waals surface area (Å²) in [7, 11) is 0. The number of ether oxygens (including phenoxy) is 3. The standard InChI is InChI=1S/C19H21NO4/c1-13-4-5-14(2)17(10-13)24-12-19(21)20-15-6-7-16-18(11-15)23-9-3-8-22-16/h4-7,10-11H,3,8-9,12H2,1-2H3,(H,20,21). The molecular formula is C19H21NO4. The molecule has 1 N–H and O–H groups in total. The Bertz CT molecular complexity index is 742. The number of hydrogen-bond acceptors (Lipinski definition) is 4. The molecule has 0 spiro atoms. The third-order valence-electron chi connectivity index (χ3n) is 3.73. The summed E-state index contributed by atoms with van der Waals surface area (Å²) in [6, 6.07) is 11.3. The van der Waals surface area contributed by atoms with Crippen LogP contribution in [0.25, 0.3) is 0 Å². The Morgan fingerprint density at radius 3 is 2.71 bits per heavy atom. The van der Waals surface area contributed by atoms with Gasteiger partial charge < -0.3 is 19.5 Å². The van der Waals surface area contributed by atoms with Crippen molar-refractivity contribution in [1.82, 2.24) is 0 Å². The van der Waals surface area contributed by atoms with Gasteiger partial charge in [0, 0.05) is 18.2 Å². The molecule has 0 aromatic heterocycles. The van der Waals surface area contributed by atoms with Crippen molar-refractivity contribution in [3.05, 3.63) is 47.5 Å². The lowest BCUT2D eigenvalue weighted by Crippen LogP contribution is -2.20. The fourth-order valence-corrected chi connectivity index (χ4v) is 2.44. The average molecular weight is 327 g/mol. The van der Waals surface area contributed by atoms with E-state index in [0.29, 0.717) is 30.4 Å². The molecule has 0 bridgehead atoms. The van der Waals surface area contributed by atoms with Crippen LogP contribution in [0, 0.1) is 13.8 Å². The summed E-state index contributed by atoms with van der Waals surface area (Å²) in [5.41, 5.74) is 2.76. The zero-order valence-electron chi connectivity index (χ0n) is 13.9. The highest BCUT2D eigenvalue weighted by Gasteiger charge is 2.12. The van der Waals surface area contributed by atoms with Crippen molar-refractivity contribution in [3.8, 4) is 17.2 Å². The highest BCUT2D eigenvalue weighted by Crippen LogP contribution is 2.32. The summed E-state index contributed by atoms with van der Waals surface area (Å²) in [5.74, 6) is 1.87. The highest BCUT2D eigenvalue weighted by molar-refractivity contribution is 5.92. The Balaban J connectivity index is 1.60. The van der Waals surface area contributed by atoms with E-state index in [1.165, 1.54) is 0 Å². The van der Waals surface area contributed by atoms with Crippen molar-refractivity contribution in [2.75, 3.05) is 25.1 Å². The van der Waals surface area contributed by atoms with E-state index in [0.717, 1.165) is 23.3 Å². The second kappa shape index (κ2) is 7.25. The molecule has 1 heterocycles. The fraction of sp³-hybridized carbons (Fsp3) is 0.316. The van der Waals surface area contributed by atoms with Crippen LogP contribution in [0.15, 0.2) is 36.4 Å². The first-order valence-corrected chi connectivity index (χ1v) is 8.01. The lowest BCUT2D eigenvalue weighted by Gasteiger charge is -2.12. The monoisotopic (exact) mass is 327 g/mol. The summed E-state index contributed by atoms with van der Waals surface area (Å²) in [4.78, 5) is 12.1. The summed E-state index contributed by atoms with van der Waals surface area (Å²) >= 11 is 0. The van der Waals surface area contributed by atoms with E-state index < -0.39 is 0 Å². The second-order valence-electron chi connectivity index (χ2n) is 5.82. The van der Waals surface area contributed by atoms with Crippen molar-refractivity contribution in [2.24, 2.45) is 0 Å². The molecular weight excluding hydrogens is 306 g/mol. The van der Waals surface area contributed by atoms with Crippen molar-refractivity contribution >= 4 is 11.6 Å². The quantitative estimate of drug-likeness (QED) is 0.934. The molecule has 1 aliphatic rings. The number of rotatable bonds is 4. The van der Waals surface area contributed by atoms with E-state index >= 15 is 0 Å². The summed E-state index contributed by atoms with van der Waals surface area (Å²) in [6.45, 7) is 5.15. The van der Waals surface area contributed by atoms with E-state index in [9.17, 15) is 4.79 Å². The predicted octanol–water partition coefficient (Wildman–Crippen LogP) is 3.48. The van der Waals surface area contributed by atoms with E-state index in [1.54, 1.807) is 12.1 Å². The smallest absolute Gasteiger partial charge is 0.262 e. The van der Waals surface area contributed by atoms with Gasteiger partial charge in [0.2, 0.25) is 0 Å². The molecule has 3 rings (SSSR count). The molecule has 0 aliphatic carbocycles. The van der Waals surface area contributed by atoms with Crippen LogP contribution in [-0.4, -0.2) is 25.7 Å². The Hall–Kier alpha value is -2.69. The normalized spacial score (nSPS) is 13.1. The van der Waals surface area contributed by atoms with Gasteiger partial charge in [-0.2, -0.15) is 0 Å². The number of nitrogens with one attached hydrogen (secondary N) is 1. The van der Waals surface area contributed by atoms with E-state index in [2.05, 4.69) is 5.32 Å². The third-order valence-corrected chi connectivity index (χ3v) is 3.73. The van der Waals surface area contributed by atoms with Gasteiger partial charge >= 0.3 is 0 Å². The number of aryl methyl sites for hydroxylation is 2. The number of carbonyl (C=O) groups excluding carboxylic acids is 1. The molecule has 126 valence electrons. The first-order chi connectivity index (χ1) is 11.6. The van der Waals surface area contributed by atoms with Crippen LogP contribution in [0.1, 0.15) is 17.5 Å². The van der Waals surface area contributed by atoms with Crippen LogP contribution in [-0.2, 0) is 4.79 Å². The molecule has 0 saturated heterocycles. The Morgan fingerprint density at radius 2 is 1.88 bits per heavy atom. The molecule has 0 fully saturated rings. The van der Waals surface area contributed by atoms with E-state index in [1.807, 2.05) is 38.1 Å². The van der Waals surface area contributed by atoms with Crippen LogP contribution >= 0.6 is 0 Å². The number of anilines is 1. The van der Waals surface area contributed by atoms with Gasteiger partial charge in [-0.15, -0.1) is 0 Å². The maximum atomic E-state index is 12.1. The molecule has 5 nitrogen and oxygen atoms in total. The molecule has 2 aromatic carbocycles. The fourth-order valence-electron chi connectivity index (χ4n) is 2.44. The topological polar surface area (TPSA) is 56.8 Å². The molecule has 0 unspecified atom stereocenters. The molecule has 2 aromatic rings. The molecule has 0 radical (unpaired) electrons. The van der Waals surface area contributed by atoms with Gasteiger partial charge in [0.1, 0.15) is 5.75 Å². The first kappa shape index (κ1) is 16.2. The zero-order chi connectivity index (χ0) is 16.9. The van der Waals surface area contributed by atoms with Crippen molar-refractivity contribution in [1.29, 1.82) is 0 Å². The van der Waals surface area contributed by atoms with Gasteiger partial charge in [0.15, 0.2) is 18.1 Å². The minimum absolute atomic E-state index is 0.0429. The van der Waals surface area contributed by atoms with E-state index in [-0.39, 0.29) is 12.5 Å². The number of fused-ring (bicyclic) bond motifs is 1. The SMILES string of the molecule is Cc1ccc(C)c(OCC(=O)Nc2ccc3c(c2)OCCCO3)c1. The van der Waals surface area contributed by atoms with Crippen LogP contribution in [0.2, 0.25) is 0 Å². The Labute approximate surface area is 141 Å². The molecule has 0 atom stereocenters. The van der Waals surface area contributed by atoms with E-state index in [4.69, 9.17) is 14.2 Å². The molecule has 1 aliphatic heterocycles. The summed E-state index contributed by atoms with van der Waals surface area (Å²) in [6.07, 6.45) is 0.847.